The number of carbonyl (C=O) groups is 2. The number of methoxy groups -OCH3 is 1. The zero-order chi connectivity index (χ0) is 24.1. The molecule has 1 N–H and O–H groups in total. The highest BCUT2D eigenvalue weighted by Gasteiger charge is 2.33. The SMILES string of the molecule is COCCN(CC(=O)N1CCn2cccc2C1c1cccc(F)c1)C(=O)Nc1ccc(C)cc1. The second kappa shape index (κ2) is 10.5. The lowest BCUT2D eigenvalue weighted by molar-refractivity contribution is -0.134. The average Bonchev–Trinajstić information content (AvgIpc) is 3.31. The summed E-state index contributed by atoms with van der Waals surface area (Å²) in [5.74, 6) is -0.565. The lowest BCUT2D eigenvalue weighted by Crippen LogP contribution is -2.49. The summed E-state index contributed by atoms with van der Waals surface area (Å²) in [4.78, 5) is 29.7. The van der Waals surface area contributed by atoms with E-state index in [2.05, 4.69) is 9.88 Å². The topological polar surface area (TPSA) is 66.8 Å². The Balaban J connectivity index is 1.55. The number of aromatic nitrogens is 1. The highest BCUT2D eigenvalue weighted by atomic mass is 19.1. The summed E-state index contributed by atoms with van der Waals surface area (Å²) < 4.78 is 21.3. The summed E-state index contributed by atoms with van der Waals surface area (Å²) in [6.07, 6.45) is 1.96. The Morgan fingerprint density at radius 1 is 1.12 bits per heavy atom. The standard InChI is InChI=1S/C26H29FN4O3/c1-19-8-10-22(11-9-19)28-26(33)30(15-16-34-2)18-24(32)31-14-13-29-12-4-7-23(29)25(31)20-5-3-6-21(27)17-20/h3-12,17,25H,13-16,18H2,1-2H3,(H,28,33). The molecule has 1 atom stereocenters. The van der Waals surface area contributed by atoms with Crippen molar-refractivity contribution in [1.29, 1.82) is 0 Å². The number of rotatable bonds is 7. The molecule has 0 aliphatic carbocycles. The first kappa shape index (κ1) is 23.5. The van der Waals surface area contributed by atoms with Gasteiger partial charge in [-0.25, -0.2) is 9.18 Å². The number of fused-ring (bicyclic) bond motifs is 1. The summed E-state index contributed by atoms with van der Waals surface area (Å²) in [5.41, 5.74) is 3.35. The molecule has 34 heavy (non-hydrogen) atoms. The fourth-order valence-corrected chi connectivity index (χ4v) is 4.23. The number of hydrogen-bond acceptors (Lipinski definition) is 3. The first-order valence-electron chi connectivity index (χ1n) is 11.3. The Bertz CT molecular complexity index is 1140. The minimum Gasteiger partial charge on any atom is -0.383 e. The van der Waals surface area contributed by atoms with Crippen molar-refractivity contribution in [3.05, 3.63) is 89.5 Å². The van der Waals surface area contributed by atoms with Gasteiger partial charge in [0.2, 0.25) is 5.91 Å². The van der Waals surface area contributed by atoms with Crippen LogP contribution < -0.4 is 5.32 Å². The van der Waals surface area contributed by atoms with Gasteiger partial charge in [0.25, 0.3) is 0 Å². The van der Waals surface area contributed by atoms with Gasteiger partial charge in [0.05, 0.1) is 12.6 Å². The summed E-state index contributed by atoms with van der Waals surface area (Å²) in [7, 11) is 1.55. The molecule has 1 aromatic heterocycles. The zero-order valence-corrected chi connectivity index (χ0v) is 19.4. The third-order valence-corrected chi connectivity index (χ3v) is 6.00. The van der Waals surface area contributed by atoms with Gasteiger partial charge in [-0.05, 0) is 48.9 Å². The second-order valence-corrected chi connectivity index (χ2v) is 8.38. The molecule has 3 aromatic rings. The molecule has 7 nitrogen and oxygen atoms in total. The molecule has 1 aliphatic rings. The van der Waals surface area contributed by atoms with Crippen LogP contribution in [0, 0.1) is 12.7 Å². The van der Waals surface area contributed by atoms with Crippen LogP contribution in [0.1, 0.15) is 22.9 Å². The normalized spacial score (nSPS) is 15.0. The van der Waals surface area contributed by atoms with Crippen molar-refractivity contribution in [2.24, 2.45) is 0 Å². The predicted octanol–water partition coefficient (Wildman–Crippen LogP) is 4.05. The number of nitrogens with one attached hydrogen (secondary N) is 1. The van der Waals surface area contributed by atoms with Crippen LogP contribution in [-0.4, -0.2) is 59.7 Å². The number of ether oxygens (including phenoxy) is 1. The fourth-order valence-electron chi connectivity index (χ4n) is 4.23. The monoisotopic (exact) mass is 464 g/mol. The molecular weight excluding hydrogens is 435 g/mol. The molecule has 3 amide bonds. The Morgan fingerprint density at radius 2 is 1.91 bits per heavy atom. The van der Waals surface area contributed by atoms with Crippen molar-refractivity contribution in [1.82, 2.24) is 14.4 Å². The smallest absolute Gasteiger partial charge is 0.322 e. The Morgan fingerprint density at radius 3 is 2.65 bits per heavy atom. The van der Waals surface area contributed by atoms with Crippen molar-refractivity contribution in [2.75, 3.05) is 38.7 Å². The number of aryl methyl sites for hydroxylation is 1. The zero-order valence-electron chi connectivity index (χ0n) is 19.4. The quantitative estimate of drug-likeness (QED) is 0.574. The van der Waals surface area contributed by atoms with E-state index in [4.69, 9.17) is 4.74 Å². The van der Waals surface area contributed by atoms with E-state index in [0.717, 1.165) is 11.3 Å². The van der Waals surface area contributed by atoms with Crippen LogP contribution in [0.3, 0.4) is 0 Å². The average molecular weight is 465 g/mol. The molecular formula is C26H29FN4O3. The molecule has 8 heteroatoms. The highest BCUT2D eigenvalue weighted by molar-refractivity contribution is 5.92. The first-order chi connectivity index (χ1) is 16.5. The van der Waals surface area contributed by atoms with Gasteiger partial charge < -0.3 is 24.4 Å². The molecule has 1 unspecified atom stereocenters. The van der Waals surface area contributed by atoms with Gasteiger partial charge in [-0.15, -0.1) is 0 Å². The maximum Gasteiger partial charge on any atom is 0.322 e. The molecule has 178 valence electrons. The maximum atomic E-state index is 14.1. The minimum atomic E-state index is -0.434. The van der Waals surface area contributed by atoms with Crippen molar-refractivity contribution in [2.45, 2.75) is 19.5 Å². The van der Waals surface area contributed by atoms with Crippen molar-refractivity contribution in [3.63, 3.8) is 0 Å². The number of urea groups is 1. The van der Waals surface area contributed by atoms with E-state index in [1.165, 1.54) is 17.0 Å². The van der Waals surface area contributed by atoms with Crippen LogP contribution in [0.5, 0.6) is 0 Å². The van der Waals surface area contributed by atoms with Gasteiger partial charge in [-0.3, -0.25) is 4.79 Å². The largest absolute Gasteiger partial charge is 0.383 e. The van der Waals surface area contributed by atoms with Crippen molar-refractivity contribution < 1.29 is 18.7 Å². The van der Waals surface area contributed by atoms with Gasteiger partial charge in [0.1, 0.15) is 12.4 Å². The van der Waals surface area contributed by atoms with E-state index in [0.29, 0.717) is 30.9 Å². The first-order valence-corrected chi connectivity index (χ1v) is 11.3. The fraction of sp³-hybridized carbons (Fsp3) is 0.308. The van der Waals surface area contributed by atoms with Gasteiger partial charge in [-0.1, -0.05) is 29.8 Å². The molecule has 4 rings (SSSR count). The van der Waals surface area contributed by atoms with E-state index >= 15 is 0 Å². The number of anilines is 1. The van der Waals surface area contributed by atoms with E-state index in [-0.39, 0.29) is 30.8 Å². The lowest BCUT2D eigenvalue weighted by Gasteiger charge is -2.38. The van der Waals surface area contributed by atoms with Crippen LogP contribution >= 0.6 is 0 Å². The molecule has 0 spiro atoms. The molecule has 0 saturated heterocycles. The third kappa shape index (κ3) is 5.28. The van der Waals surface area contributed by atoms with E-state index < -0.39 is 6.04 Å². The van der Waals surface area contributed by atoms with Crippen LogP contribution in [0.2, 0.25) is 0 Å². The van der Waals surface area contributed by atoms with Gasteiger partial charge in [-0.2, -0.15) is 0 Å². The highest BCUT2D eigenvalue weighted by Crippen LogP contribution is 2.33. The number of benzene rings is 2. The van der Waals surface area contributed by atoms with Gasteiger partial charge in [0, 0.05) is 44.3 Å². The number of hydrogen-bond donors (Lipinski definition) is 1. The summed E-state index contributed by atoms with van der Waals surface area (Å²) >= 11 is 0. The summed E-state index contributed by atoms with van der Waals surface area (Å²) in [6.45, 7) is 3.50. The van der Waals surface area contributed by atoms with Crippen molar-refractivity contribution in [3.8, 4) is 0 Å². The molecule has 2 aromatic carbocycles. The molecule has 2 heterocycles. The molecule has 0 bridgehead atoms. The Hall–Kier alpha value is -3.65. The van der Waals surface area contributed by atoms with Crippen LogP contribution in [0.15, 0.2) is 66.9 Å². The maximum absolute atomic E-state index is 14.1. The lowest BCUT2D eigenvalue weighted by atomic mass is 9.99. The van der Waals surface area contributed by atoms with Gasteiger partial charge in [0.15, 0.2) is 0 Å². The molecule has 1 aliphatic heterocycles. The number of nitrogens with zero attached hydrogens (tertiary/aromatic N) is 3. The number of carbonyl (C=O) groups excluding carboxylic acids is 2. The molecule has 0 saturated carbocycles. The van der Waals surface area contributed by atoms with Crippen LogP contribution in [0.4, 0.5) is 14.9 Å². The second-order valence-electron chi connectivity index (χ2n) is 8.38. The number of amides is 3. The van der Waals surface area contributed by atoms with E-state index in [1.54, 1.807) is 18.1 Å². The Labute approximate surface area is 198 Å². The molecule has 0 fully saturated rings. The van der Waals surface area contributed by atoms with Crippen LogP contribution in [0.25, 0.3) is 0 Å². The molecule has 0 radical (unpaired) electrons. The number of halogens is 1. The third-order valence-electron chi connectivity index (χ3n) is 6.00. The van der Waals surface area contributed by atoms with E-state index in [9.17, 15) is 14.0 Å². The summed E-state index contributed by atoms with van der Waals surface area (Å²) in [5, 5.41) is 2.86. The van der Waals surface area contributed by atoms with Gasteiger partial charge >= 0.3 is 6.03 Å². The minimum absolute atomic E-state index is 0.117. The van der Waals surface area contributed by atoms with Crippen molar-refractivity contribution >= 4 is 17.6 Å². The summed E-state index contributed by atoms with van der Waals surface area (Å²) in [6, 6.07) is 16.8. The Kier molecular flexibility index (Phi) is 7.27. The van der Waals surface area contributed by atoms with Crippen LogP contribution in [-0.2, 0) is 16.1 Å². The predicted molar refractivity (Wildman–Crippen MR) is 128 cm³/mol. The van der Waals surface area contributed by atoms with E-state index in [1.807, 2.05) is 55.6 Å².